The van der Waals surface area contributed by atoms with E-state index in [1.165, 1.54) is 23.1 Å². The largest absolute Gasteiger partial charge is 0.755 e. The van der Waals surface area contributed by atoms with E-state index in [1.54, 1.807) is 0 Å². The molecule has 0 aliphatic carbocycles. The molecule has 1 rings (SSSR count). The molecule has 1 aromatic rings. The van der Waals surface area contributed by atoms with Crippen LogP contribution in [0.2, 0.25) is 0 Å². The second kappa shape index (κ2) is 6.30. The van der Waals surface area contributed by atoms with E-state index >= 15 is 0 Å². The van der Waals surface area contributed by atoms with Gasteiger partial charge in [0, 0.05) is 40.8 Å². The Morgan fingerprint density at radius 3 is 2.75 bits per heavy atom. The van der Waals surface area contributed by atoms with Crippen LogP contribution in [0.4, 0.5) is 5.13 Å². The topological polar surface area (TPSA) is 77.9 Å². The fraction of sp³-hybridized carbons (Fsp3) is 0.333. The summed E-state index contributed by atoms with van der Waals surface area (Å²) < 4.78 is 23.0. The minimum Gasteiger partial charge on any atom is -0.755 e. The van der Waals surface area contributed by atoms with Gasteiger partial charge in [-0.3, -0.25) is 8.93 Å². The third kappa shape index (κ3) is 4.17. The van der Waals surface area contributed by atoms with E-state index in [2.05, 4.69) is 14.9 Å². The Morgan fingerprint density at radius 1 is 1.67 bits per heavy atom. The van der Waals surface area contributed by atoms with Crippen LogP contribution in [0.1, 0.15) is 0 Å². The molecule has 0 bridgehead atoms. The number of nitrogens with one attached hydrogen (secondary N) is 1. The van der Waals surface area contributed by atoms with Gasteiger partial charge in [-0.2, -0.15) is 0 Å². The van der Waals surface area contributed by atoms with Crippen molar-refractivity contribution in [2.45, 2.75) is 4.34 Å². The molecule has 5 nitrogen and oxygen atoms in total. The van der Waals surface area contributed by atoms with Crippen molar-refractivity contribution < 1.29 is 8.76 Å². The van der Waals surface area contributed by atoms with Crippen molar-refractivity contribution in [3.05, 3.63) is 0 Å². The predicted molar refractivity (Wildman–Crippen MR) is 50.0 cm³/mol. The van der Waals surface area contributed by atoms with E-state index in [0.29, 0.717) is 5.13 Å². The normalized spacial score (nSPS) is 11.8. The zero-order valence-corrected chi connectivity index (χ0v) is 10.9. The van der Waals surface area contributed by atoms with Crippen molar-refractivity contribution in [1.82, 2.24) is 10.2 Å². The first-order valence-electron chi connectivity index (χ1n) is 2.46. The third-order valence-corrected chi connectivity index (χ3v) is 3.06. The van der Waals surface area contributed by atoms with Crippen LogP contribution in [-0.2, 0) is 11.3 Å². The van der Waals surface area contributed by atoms with Crippen molar-refractivity contribution >= 4 is 69.1 Å². The van der Waals surface area contributed by atoms with Crippen LogP contribution in [0.15, 0.2) is 4.34 Å². The monoisotopic (exact) mass is 233 g/mol. The summed E-state index contributed by atoms with van der Waals surface area (Å²) >= 11 is 0.312. The molecule has 0 amide bonds. The van der Waals surface area contributed by atoms with Crippen molar-refractivity contribution in [2.24, 2.45) is 0 Å². The smallest absolute Gasteiger partial charge is 0.217 e. The van der Waals surface area contributed by atoms with Crippen LogP contribution in [0.3, 0.4) is 0 Å². The second-order valence-corrected chi connectivity index (χ2v) is 4.12. The Hall–Kier alpha value is 0.820. The standard InChI is InChI=1S/C3H5N3O2S3.Na/c1-9-3-5-4-2(10-3)6-11(7)8;/h1H3,(H,4,6)(H,7,8);/p-1. The molecule has 9 heteroatoms. The summed E-state index contributed by atoms with van der Waals surface area (Å²) in [6.45, 7) is 0. The maximum absolute atomic E-state index is 10.1. The number of thioether (sulfide) groups is 1. The summed E-state index contributed by atoms with van der Waals surface area (Å²) in [4.78, 5) is 0. The van der Waals surface area contributed by atoms with Gasteiger partial charge in [-0.05, 0) is 6.26 Å². The van der Waals surface area contributed by atoms with Crippen LogP contribution in [0.25, 0.3) is 0 Å². The summed E-state index contributed by atoms with van der Waals surface area (Å²) in [7, 11) is 0. The molecule has 1 aromatic heterocycles. The van der Waals surface area contributed by atoms with Gasteiger partial charge in [0.2, 0.25) is 5.13 Å². The summed E-state index contributed by atoms with van der Waals surface area (Å²) in [5.41, 5.74) is 0. The van der Waals surface area contributed by atoms with E-state index in [9.17, 15) is 8.76 Å². The number of nitrogens with zero attached hydrogens (tertiary/aromatic N) is 2. The van der Waals surface area contributed by atoms with Crippen LogP contribution in [0.5, 0.6) is 0 Å². The van der Waals surface area contributed by atoms with Gasteiger partial charge in [0.1, 0.15) is 0 Å². The summed E-state index contributed by atoms with van der Waals surface area (Å²) in [5, 5.41) is 7.55. The van der Waals surface area contributed by atoms with Gasteiger partial charge in [0.05, 0.1) is 0 Å². The van der Waals surface area contributed by atoms with Crippen LogP contribution >= 0.6 is 23.1 Å². The third-order valence-electron chi connectivity index (χ3n) is 0.752. The molecule has 0 aliphatic heterocycles. The van der Waals surface area contributed by atoms with Gasteiger partial charge in [-0.15, -0.1) is 10.2 Å². The average Bonchev–Trinajstić information content (AvgIpc) is 2.34. The van der Waals surface area contributed by atoms with Gasteiger partial charge in [-0.25, -0.2) is 0 Å². The molecule has 1 heterocycles. The van der Waals surface area contributed by atoms with E-state index in [4.69, 9.17) is 0 Å². The maximum Gasteiger partial charge on any atom is 0.217 e. The molecule has 1 atom stereocenters. The number of hydrogen-bond donors (Lipinski definition) is 1. The van der Waals surface area contributed by atoms with Crippen molar-refractivity contribution in [3.8, 4) is 0 Å². The van der Waals surface area contributed by atoms with E-state index in [-0.39, 0.29) is 29.6 Å². The number of anilines is 1. The van der Waals surface area contributed by atoms with Crippen molar-refractivity contribution in [3.63, 3.8) is 0 Å². The Morgan fingerprint density at radius 2 is 2.33 bits per heavy atom. The van der Waals surface area contributed by atoms with Gasteiger partial charge < -0.3 is 4.55 Å². The number of hydrogen-bond acceptors (Lipinski definition) is 6. The molecule has 1 unspecified atom stereocenters. The molecule has 12 heavy (non-hydrogen) atoms. The van der Waals surface area contributed by atoms with E-state index in [0.717, 1.165) is 4.34 Å². The summed E-state index contributed by atoms with van der Waals surface area (Å²) in [6.07, 6.45) is 1.85. The van der Waals surface area contributed by atoms with Gasteiger partial charge in [0.15, 0.2) is 4.34 Å². The number of rotatable bonds is 3. The Kier molecular flexibility index (Phi) is 6.73. The molecule has 0 saturated heterocycles. The molecule has 1 N–H and O–H groups in total. The molecule has 0 spiro atoms. The molecular formula is C3H4N3NaO2S3-. The van der Waals surface area contributed by atoms with E-state index in [1.807, 2.05) is 6.26 Å². The van der Waals surface area contributed by atoms with Gasteiger partial charge in [0.25, 0.3) is 0 Å². The zero-order chi connectivity index (χ0) is 8.27. The quantitative estimate of drug-likeness (QED) is 0.454. The van der Waals surface area contributed by atoms with Crippen LogP contribution in [-0.4, -0.2) is 54.8 Å². The molecule has 1 radical (unpaired) electrons. The van der Waals surface area contributed by atoms with Gasteiger partial charge >= 0.3 is 0 Å². The minimum atomic E-state index is -2.31. The van der Waals surface area contributed by atoms with Gasteiger partial charge in [-0.1, -0.05) is 23.1 Å². The Labute approximate surface area is 102 Å². The second-order valence-electron chi connectivity index (χ2n) is 1.41. The fourth-order valence-electron chi connectivity index (χ4n) is 0.405. The number of aromatic nitrogens is 2. The minimum absolute atomic E-state index is 0. The van der Waals surface area contributed by atoms with E-state index < -0.39 is 11.3 Å². The Balaban J connectivity index is 0.00000121. The molecule has 0 fully saturated rings. The molecule has 63 valence electrons. The SMILES string of the molecule is CSc1nnc(NS(=O)[O-])s1.[Na]. The summed E-state index contributed by atoms with van der Waals surface area (Å²) in [6, 6.07) is 0. The Bertz CT molecular complexity index is 267. The first-order chi connectivity index (χ1) is 5.22. The maximum atomic E-state index is 10.1. The van der Waals surface area contributed by atoms with Crippen molar-refractivity contribution in [2.75, 3.05) is 11.0 Å². The first-order valence-corrected chi connectivity index (χ1v) is 5.57. The van der Waals surface area contributed by atoms with Crippen molar-refractivity contribution in [1.29, 1.82) is 0 Å². The first kappa shape index (κ1) is 12.8. The fourth-order valence-corrected chi connectivity index (χ4v) is 1.98. The van der Waals surface area contributed by atoms with Crippen LogP contribution in [0, 0.1) is 0 Å². The average molecular weight is 233 g/mol. The molecule has 0 aromatic carbocycles. The predicted octanol–water partition coefficient (Wildman–Crippen LogP) is 0.0852. The zero-order valence-electron chi connectivity index (χ0n) is 6.44. The molecule has 0 aliphatic rings. The molecular weight excluding hydrogens is 229 g/mol. The molecule has 0 saturated carbocycles. The summed E-state index contributed by atoms with van der Waals surface area (Å²) in [5.74, 6) is 0. The van der Waals surface area contributed by atoms with Crippen LogP contribution < -0.4 is 4.72 Å².